The van der Waals surface area contributed by atoms with E-state index in [2.05, 4.69) is 0 Å². The second-order valence-electron chi connectivity index (χ2n) is 14.9. The van der Waals surface area contributed by atoms with Crippen molar-refractivity contribution in [3.05, 3.63) is 24.2 Å². The lowest BCUT2D eigenvalue weighted by atomic mass is 9.33. The molecule has 4 saturated carbocycles. The molecule has 2 N–H and O–H groups in total. The van der Waals surface area contributed by atoms with Gasteiger partial charge in [0.25, 0.3) is 5.79 Å². The van der Waals surface area contributed by atoms with Crippen LogP contribution in [0.25, 0.3) is 0 Å². The van der Waals surface area contributed by atoms with Crippen LogP contribution >= 0.6 is 0 Å². The van der Waals surface area contributed by atoms with Crippen LogP contribution in [-0.2, 0) is 38.1 Å². The summed E-state index contributed by atoms with van der Waals surface area (Å²) in [6, 6.07) is 1.82. The zero-order valence-electron chi connectivity index (χ0n) is 25.5. The van der Waals surface area contributed by atoms with Gasteiger partial charge in [-0.2, -0.15) is 0 Å². The smallest absolute Gasteiger partial charge is 0.308 e. The first-order valence-corrected chi connectivity index (χ1v) is 15.2. The van der Waals surface area contributed by atoms with Crippen LogP contribution in [0.3, 0.4) is 0 Å². The Morgan fingerprint density at radius 2 is 1.81 bits per heavy atom. The van der Waals surface area contributed by atoms with Crippen molar-refractivity contribution in [2.45, 2.75) is 103 Å². The third kappa shape index (κ3) is 2.92. The third-order valence-corrected chi connectivity index (χ3v) is 12.7. The van der Waals surface area contributed by atoms with E-state index in [0.29, 0.717) is 6.42 Å². The third-order valence-electron chi connectivity index (χ3n) is 12.7. The van der Waals surface area contributed by atoms with Crippen LogP contribution in [0.1, 0.15) is 72.8 Å². The Bertz CT molecular complexity index is 1440. The fourth-order valence-electron chi connectivity index (χ4n) is 11.1. The molecule has 0 radical (unpaired) electrons. The number of aliphatic hydroxyl groups is 2. The van der Waals surface area contributed by atoms with Gasteiger partial charge < -0.3 is 33.6 Å². The minimum atomic E-state index is -2.20. The highest BCUT2D eigenvalue weighted by molar-refractivity contribution is 6.00. The number of rotatable bonds is 4. The van der Waals surface area contributed by atoms with E-state index in [9.17, 15) is 24.6 Å². The highest BCUT2D eigenvalue weighted by Crippen LogP contribution is 2.83. The molecule has 2 aliphatic heterocycles. The van der Waals surface area contributed by atoms with E-state index in [0.717, 1.165) is 5.56 Å². The summed E-state index contributed by atoms with van der Waals surface area (Å²) in [5, 5.41) is 24.5. The van der Waals surface area contributed by atoms with Crippen LogP contribution < -0.4 is 0 Å². The largest absolute Gasteiger partial charge is 0.472 e. The first-order chi connectivity index (χ1) is 20.0. The number of hydrogen-bond acceptors (Lipinski definition) is 11. The van der Waals surface area contributed by atoms with Crippen molar-refractivity contribution < 1.29 is 52.8 Å². The number of ketones is 2. The summed E-state index contributed by atoms with van der Waals surface area (Å²) >= 11 is 0. The van der Waals surface area contributed by atoms with Crippen molar-refractivity contribution in [3.63, 3.8) is 0 Å². The number of furan rings is 1. The van der Waals surface area contributed by atoms with Gasteiger partial charge in [0.2, 0.25) is 5.78 Å². The molecule has 1 spiro atoms. The molecule has 2 saturated heterocycles. The van der Waals surface area contributed by atoms with E-state index in [1.807, 2.05) is 13.0 Å². The fraction of sp³-hybridized carbons (Fsp3) is 0.750. The zero-order chi connectivity index (χ0) is 31.3. The molecule has 4 aliphatic carbocycles. The SMILES string of the molecule is CC(=O)O[C@]12OC[C@@]3(C)C(=O)C[C@@H](O)[C@@](C)([C@@H]13)[C@H]1[C@@H](O)[C@H](OC(=O)C(C)C)[C@@]3(C)[C@H](c4ccoc4)C[C@H]4O[C@]43[C@]1(C)C2=O. The van der Waals surface area contributed by atoms with E-state index in [-0.39, 0.29) is 24.7 Å². The lowest BCUT2D eigenvalue weighted by Crippen LogP contribution is -2.83. The van der Waals surface area contributed by atoms with E-state index in [1.54, 1.807) is 47.1 Å². The number of epoxide rings is 1. The second kappa shape index (κ2) is 8.35. The normalized spacial score (nSPS) is 52.7. The molecular formula is C32H40O11. The van der Waals surface area contributed by atoms with Crippen molar-refractivity contribution in [2.75, 3.05) is 6.61 Å². The maximum absolute atomic E-state index is 15.3. The quantitative estimate of drug-likeness (QED) is 0.385. The average molecular weight is 601 g/mol. The maximum atomic E-state index is 15.3. The lowest BCUT2D eigenvalue weighted by molar-refractivity contribution is -0.321. The summed E-state index contributed by atoms with van der Waals surface area (Å²) < 4.78 is 30.4. The fourth-order valence-corrected chi connectivity index (χ4v) is 11.1. The molecule has 6 aliphatic rings. The first-order valence-electron chi connectivity index (χ1n) is 15.2. The number of fused-ring (bicyclic) bond motifs is 2. The number of carbonyl (C=O) groups is 4. The summed E-state index contributed by atoms with van der Waals surface area (Å²) in [6.07, 6.45) is -1.04. The Morgan fingerprint density at radius 1 is 1.12 bits per heavy atom. The van der Waals surface area contributed by atoms with Crippen LogP contribution in [-0.4, -0.2) is 76.1 Å². The summed E-state index contributed by atoms with van der Waals surface area (Å²) in [7, 11) is 0. The molecule has 13 atom stereocenters. The Morgan fingerprint density at radius 3 is 2.42 bits per heavy atom. The first kappa shape index (κ1) is 29.1. The van der Waals surface area contributed by atoms with Gasteiger partial charge in [0, 0.05) is 36.0 Å². The summed E-state index contributed by atoms with van der Waals surface area (Å²) in [4.78, 5) is 54.8. The Kier molecular flexibility index (Phi) is 5.66. The van der Waals surface area contributed by atoms with Crippen LogP contribution in [0.5, 0.6) is 0 Å². The molecule has 0 bridgehead atoms. The van der Waals surface area contributed by atoms with Gasteiger partial charge in [0.05, 0.1) is 60.1 Å². The molecule has 0 unspecified atom stereocenters. The summed E-state index contributed by atoms with van der Waals surface area (Å²) in [6.45, 7) is 11.4. The van der Waals surface area contributed by atoms with Gasteiger partial charge in [0.15, 0.2) is 0 Å². The zero-order valence-corrected chi connectivity index (χ0v) is 25.5. The molecular weight excluding hydrogens is 560 g/mol. The van der Waals surface area contributed by atoms with Gasteiger partial charge in [-0.25, -0.2) is 0 Å². The molecule has 1 aromatic rings. The van der Waals surface area contributed by atoms with Crippen molar-refractivity contribution in [3.8, 4) is 0 Å². The number of carbonyl (C=O) groups excluding carboxylic acids is 4. The lowest BCUT2D eigenvalue weighted by Gasteiger charge is -2.70. The minimum absolute atomic E-state index is 0.200. The van der Waals surface area contributed by atoms with Crippen molar-refractivity contribution in [1.29, 1.82) is 0 Å². The molecule has 1 aromatic heterocycles. The van der Waals surface area contributed by atoms with Gasteiger partial charge in [0.1, 0.15) is 17.5 Å². The van der Waals surface area contributed by atoms with Gasteiger partial charge in [-0.15, -0.1) is 0 Å². The number of aliphatic hydroxyl groups excluding tert-OH is 2. The topological polar surface area (TPSA) is 162 Å². The van der Waals surface area contributed by atoms with Crippen molar-refractivity contribution in [1.82, 2.24) is 0 Å². The van der Waals surface area contributed by atoms with Gasteiger partial charge in [-0.1, -0.05) is 27.7 Å². The molecule has 0 amide bonds. The monoisotopic (exact) mass is 600 g/mol. The molecule has 6 fully saturated rings. The number of Topliss-reactive ketones (excluding diaryl/α,β-unsaturated/α-hetero) is 2. The van der Waals surface area contributed by atoms with E-state index in [4.69, 9.17) is 23.4 Å². The Labute approximate surface area is 249 Å². The van der Waals surface area contributed by atoms with Crippen LogP contribution in [0.2, 0.25) is 0 Å². The van der Waals surface area contributed by atoms with Crippen LogP contribution in [0.4, 0.5) is 0 Å². The van der Waals surface area contributed by atoms with E-state index >= 15 is 4.79 Å². The highest BCUT2D eigenvalue weighted by Gasteiger charge is 2.95. The molecule has 0 aromatic carbocycles. The van der Waals surface area contributed by atoms with E-state index < -0.39 is 92.9 Å². The van der Waals surface area contributed by atoms with Gasteiger partial charge in [-0.3, -0.25) is 19.2 Å². The maximum Gasteiger partial charge on any atom is 0.308 e. The Balaban J connectivity index is 1.52. The molecule has 11 nitrogen and oxygen atoms in total. The molecule has 234 valence electrons. The molecule has 11 heteroatoms. The average Bonchev–Trinajstić information content (AvgIpc) is 3.19. The minimum Gasteiger partial charge on any atom is -0.472 e. The van der Waals surface area contributed by atoms with Gasteiger partial charge in [-0.05, 0) is 31.9 Å². The Hall–Kier alpha value is -2.60. The highest BCUT2D eigenvalue weighted by atomic mass is 16.7. The molecule has 43 heavy (non-hydrogen) atoms. The van der Waals surface area contributed by atoms with Gasteiger partial charge >= 0.3 is 11.9 Å². The molecule has 7 rings (SSSR count). The van der Waals surface area contributed by atoms with Crippen LogP contribution in [0, 0.1) is 39.4 Å². The summed E-state index contributed by atoms with van der Waals surface area (Å²) in [5.74, 6) is -7.42. The number of esters is 2. The summed E-state index contributed by atoms with van der Waals surface area (Å²) in [5.41, 5.74) is -5.92. The number of hydrogen-bond donors (Lipinski definition) is 2. The predicted octanol–water partition coefficient (Wildman–Crippen LogP) is 2.31. The van der Waals surface area contributed by atoms with Crippen molar-refractivity contribution in [2.24, 2.45) is 39.4 Å². The standard InChI is InChI=1S/C32H40O11/c1-14(2)24(37)41-23-21(36)22-28(5)19(35)11-18(34)27(4)13-40-31(25(27)28,42-15(3)33)26(38)30(22,7)32-20(43-32)10-17(29(23,32)6)16-8-9-39-12-16/h8-9,12,14,17,19-23,25,35-36H,10-11,13H2,1-7H3/t17-,19+,20+,21+,22+,23-,25-,27-,28+,29+,30-,31+,32+/m0/s1. The van der Waals surface area contributed by atoms with E-state index in [1.165, 1.54) is 6.92 Å². The second-order valence-corrected chi connectivity index (χ2v) is 14.9. The molecule has 3 heterocycles. The van der Waals surface area contributed by atoms with Crippen LogP contribution in [0.15, 0.2) is 23.0 Å². The van der Waals surface area contributed by atoms with Crippen molar-refractivity contribution >= 4 is 23.5 Å². The predicted molar refractivity (Wildman–Crippen MR) is 145 cm³/mol. The number of ether oxygens (including phenoxy) is 4.